The van der Waals surface area contributed by atoms with Gasteiger partial charge < -0.3 is 4.74 Å². The SMILES string of the molecule is CCCCCCC(C)(CCCCC)c1[nH]nc(F)c1OC. The molecule has 0 fully saturated rings. The largest absolute Gasteiger partial charge is 0.490 e. The van der Waals surface area contributed by atoms with Gasteiger partial charge in [-0.3, -0.25) is 5.10 Å². The summed E-state index contributed by atoms with van der Waals surface area (Å²) in [6.07, 6.45) is 10.6. The van der Waals surface area contributed by atoms with E-state index in [0.717, 1.165) is 25.0 Å². The van der Waals surface area contributed by atoms with E-state index >= 15 is 0 Å². The van der Waals surface area contributed by atoms with Crippen LogP contribution in [0.4, 0.5) is 4.39 Å². The third-order valence-corrected chi connectivity index (χ3v) is 4.40. The third kappa shape index (κ3) is 5.01. The fourth-order valence-corrected chi connectivity index (χ4v) is 2.99. The smallest absolute Gasteiger partial charge is 0.274 e. The molecule has 1 atom stereocenters. The monoisotopic (exact) mass is 298 g/mol. The zero-order valence-electron chi connectivity index (χ0n) is 14.1. The first-order valence-corrected chi connectivity index (χ1v) is 8.37. The number of unbranched alkanes of at least 4 members (excludes halogenated alkanes) is 5. The summed E-state index contributed by atoms with van der Waals surface area (Å²) in [4.78, 5) is 0. The van der Waals surface area contributed by atoms with Crippen molar-refractivity contribution in [3.63, 3.8) is 0 Å². The van der Waals surface area contributed by atoms with Gasteiger partial charge >= 0.3 is 0 Å². The van der Waals surface area contributed by atoms with Gasteiger partial charge in [-0.05, 0) is 12.8 Å². The normalized spacial score (nSPS) is 14.1. The van der Waals surface area contributed by atoms with Crippen LogP contribution in [0.3, 0.4) is 0 Å². The summed E-state index contributed by atoms with van der Waals surface area (Å²) in [6, 6.07) is 0. The molecule has 1 aromatic rings. The van der Waals surface area contributed by atoms with Crippen LogP contribution in [0.15, 0.2) is 0 Å². The van der Waals surface area contributed by atoms with E-state index < -0.39 is 5.95 Å². The lowest BCUT2D eigenvalue weighted by Crippen LogP contribution is -2.23. The Hall–Kier alpha value is -1.06. The number of halogens is 1. The maximum Gasteiger partial charge on any atom is 0.274 e. The molecule has 0 saturated heterocycles. The van der Waals surface area contributed by atoms with Crippen molar-refractivity contribution in [3.05, 3.63) is 11.6 Å². The second-order valence-corrected chi connectivity index (χ2v) is 6.25. The van der Waals surface area contributed by atoms with E-state index in [1.807, 2.05) is 0 Å². The van der Waals surface area contributed by atoms with Crippen molar-refractivity contribution >= 4 is 0 Å². The van der Waals surface area contributed by atoms with Crippen molar-refractivity contribution in [2.45, 2.75) is 84.0 Å². The van der Waals surface area contributed by atoms with Gasteiger partial charge in [0.1, 0.15) is 0 Å². The predicted molar refractivity (Wildman–Crippen MR) is 85.4 cm³/mol. The second-order valence-electron chi connectivity index (χ2n) is 6.25. The van der Waals surface area contributed by atoms with Gasteiger partial charge in [0.25, 0.3) is 5.95 Å². The topological polar surface area (TPSA) is 37.9 Å². The Balaban J connectivity index is 2.83. The molecule has 0 aromatic carbocycles. The molecule has 0 radical (unpaired) electrons. The van der Waals surface area contributed by atoms with Crippen LogP contribution in [0.2, 0.25) is 0 Å². The fraction of sp³-hybridized carbons (Fsp3) is 0.824. The Bertz CT molecular complexity index is 405. The van der Waals surface area contributed by atoms with E-state index in [4.69, 9.17) is 4.74 Å². The van der Waals surface area contributed by atoms with Crippen LogP contribution in [0.5, 0.6) is 5.75 Å². The van der Waals surface area contributed by atoms with Gasteiger partial charge in [-0.15, -0.1) is 5.10 Å². The molecule has 122 valence electrons. The highest BCUT2D eigenvalue weighted by Gasteiger charge is 2.32. The summed E-state index contributed by atoms with van der Waals surface area (Å²) >= 11 is 0. The Morgan fingerprint density at radius 2 is 1.62 bits per heavy atom. The summed E-state index contributed by atoms with van der Waals surface area (Å²) < 4.78 is 18.9. The quantitative estimate of drug-likeness (QED) is 0.558. The third-order valence-electron chi connectivity index (χ3n) is 4.40. The zero-order chi connectivity index (χ0) is 15.7. The molecule has 0 saturated carbocycles. The number of aromatic nitrogens is 2. The van der Waals surface area contributed by atoms with Crippen LogP contribution < -0.4 is 4.74 Å². The maximum atomic E-state index is 13.7. The summed E-state index contributed by atoms with van der Waals surface area (Å²) in [5, 5.41) is 6.59. The number of H-pyrrole nitrogens is 1. The van der Waals surface area contributed by atoms with Crippen molar-refractivity contribution in [3.8, 4) is 5.75 Å². The van der Waals surface area contributed by atoms with Gasteiger partial charge in [0, 0.05) is 5.41 Å². The molecule has 21 heavy (non-hydrogen) atoms. The van der Waals surface area contributed by atoms with E-state index in [2.05, 4.69) is 31.0 Å². The number of nitrogens with one attached hydrogen (secondary N) is 1. The fourth-order valence-electron chi connectivity index (χ4n) is 2.99. The number of ether oxygens (including phenoxy) is 1. The van der Waals surface area contributed by atoms with Gasteiger partial charge in [0.15, 0.2) is 5.75 Å². The van der Waals surface area contributed by atoms with Crippen molar-refractivity contribution in [1.29, 1.82) is 0 Å². The maximum absolute atomic E-state index is 13.7. The van der Waals surface area contributed by atoms with E-state index in [-0.39, 0.29) is 5.41 Å². The van der Waals surface area contributed by atoms with E-state index in [1.54, 1.807) is 0 Å². The van der Waals surface area contributed by atoms with Crippen LogP contribution in [0.25, 0.3) is 0 Å². The highest BCUT2D eigenvalue weighted by molar-refractivity contribution is 5.32. The molecular weight excluding hydrogens is 267 g/mol. The lowest BCUT2D eigenvalue weighted by atomic mass is 9.76. The molecule has 0 spiro atoms. The average Bonchev–Trinajstić information content (AvgIpc) is 2.85. The highest BCUT2D eigenvalue weighted by atomic mass is 19.1. The van der Waals surface area contributed by atoms with Gasteiger partial charge in [-0.1, -0.05) is 65.7 Å². The van der Waals surface area contributed by atoms with Crippen molar-refractivity contribution in [2.24, 2.45) is 0 Å². The zero-order valence-corrected chi connectivity index (χ0v) is 14.1. The van der Waals surface area contributed by atoms with Crippen LogP contribution >= 0.6 is 0 Å². The summed E-state index contributed by atoms with van der Waals surface area (Å²) in [5.41, 5.74) is 0.751. The molecule has 1 rings (SSSR count). The molecular formula is C17H31FN2O. The van der Waals surface area contributed by atoms with E-state index in [0.29, 0.717) is 5.75 Å². The summed E-state index contributed by atoms with van der Waals surface area (Å²) in [7, 11) is 1.51. The van der Waals surface area contributed by atoms with E-state index in [1.165, 1.54) is 45.6 Å². The van der Waals surface area contributed by atoms with Crippen LogP contribution in [-0.2, 0) is 5.41 Å². The molecule has 0 aliphatic carbocycles. The first kappa shape index (κ1) is 18.0. The number of hydrogen-bond acceptors (Lipinski definition) is 2. The Labute approximate surface area is 128 Å². The Morgan fingerprint density at radius 3 is 2.19 bits per heavy atom. The minimum Gasteiger partial charge on any atom is -0.490 e. The molecule has 0 amide bonds. The van der Waals surface area contributed by atoms with Gasteiger partial charge in [-0.25, -0.2) is 0 Å². The number of nitrogens with zero attached hydrogens (tertiary/aromatic N) is 1. The molecule has 0 bridgehead atoms. The van der Waals surface area contributed by atoms with Crippen molar-refractivity contribution in [2.75, 3.05) is 7.11 Å². The standard InChI is InChI=1S/C17H31FN2O/c1-5-7-9-11-13-17(3,12-10-8-6-2)15-14(21-4)16(18)20-19-15/h5-13H2,1-4H3,(H,19,20). The van der Waals surface area contributed by atoms with Gasteiger partial charge in [0.05, 0.1) is 12.8 Å². The summed E-state index contributed by atoms with van der Waals surface area (Å²) in [6.45, 7) is 6.63. The average molecular weight is 298 g/mol. The molecule has 3 nitrogen and oxygen atoms in total. The molecule has 0 aliphatic heterocycles. The first-order valence-electron chi connectivity index (χ1n) is 8.37. The minimum atomic E-state index is -0.525. The molecule has 0 aliphatic rings. The van der Waals surface area contributed by atoms with Gasteiger partial charge in [0.2, 0.25) is 0 Å². The highest BCUT2D eigenvalue weighted by Crippen LogP contribution is 2.39. The minimum absolute atomic E-state index is 0.0778. The van der Waals surface area contributed by atoms with Crippen LogP contribution in [0, 0.1) is 5.95 Å². The van der Waals surface area contributed by atoms with Crippen LogP contribution in [-0.4, -0.2) is 17.3 Å². The second kappa shape index (κ2) is 9.06. The van der Waals surface area contributed by atoms with Crippen molar-refractivity contribution < 1.29 is 9.13 Å². The number of methoxy groups -OCH3 is 1. The van der Waals surface area contributed by atoms with Gasteiger partial charge in [-0.2, -0.15) is 4.39 Å². The molecule has 4 heteroatoms. The lowest BCUT2D eigenvalue weighted by molar-refractivity contribution is 0.326. The molecule has 1 heterocycles. The molecule has 1 N–H and O–H groups in total. The van der Waals surface area contributed by atoms with Crippen LogP contribution in [0.1, 0.15) is 84.3 Å². The lowest BCUT2D eigenvalue weighted by Gasteiger charge is -2.29. The number of hydrogen-bond donors (Lipinski definition) is 1. The Kier molecular flexibility index (Phi) is 7.76. The summed E-state index contributed by atoms with van der Waals surface area (Å²) in [5.74, 6) is -0.229. The first-order chi connectivity index (χ1) is 10.1. The van der Waals surface area contributed by atoms with E-state index in [9.17, 15) is 4.39 Å². The molecule has 1 unspecified atom stereocenters. The number of rotatable bonds is 11. The Morgan fingerprint density at radius 1 is 1.05 bits per heavy atom. The van der Waals surface area contributed by atoms with Crippen molar-refractivity contribution in [1.82, 2.24) is 10.2 Å². The molecule has 1 aromatic heterocycles. The predicted octanol–water partition coefficient (Wildman–Crippen LogP) is 5.37. The number of aromatic amines is 1.